The van der Waals surface area contributed by atoms with Crippen molar-refractivity contribution in [3.63, 3.8) is 0 Å². The third-order valence-electron chi connectivity index (χ3n) is 2.64. The quantitative estimate of drug-likeness (QED) is 0.650. The zero-order chi connectivity index (χ0) is 10.4. The van der Waals surface area contributed by atoms with E-state index in [0.717, 1.165) is 32.5 Å². The number of hydrogen-bond donors (Lipinski definition) is 1. The fraction of sp³-hybridized carbons (Fsp3) is 0.900. The molecular formula is C10H19NO3. The van der Waals surface area contributed by atoms with Crippen LogP contribution >= 0.6 is 0 Å². The van der Waals surface area contributed by atoms with Gasteiger partial charge in [-0.25, -0.2) is 0 Å². The summed E-state index contributed by atoms with van der Waals surface area (Å²) >= 11 is 0. The maximum absolute atomic E-state index is 10.6. The van der Waals surface area contributed by atoms with Crippen LogP contribution in [0.25, 0.3) is 0 Å². The second-order valence-corrected chi connectivity index (χ2v) is 3.63. The minimum atomic E-state index is -0.696. The molecular weight excluding hydrogens is 182 g/mol. The highest BCUT2D eigenvalue weighted by atomic mass is 16.5. The van der Waals surface area contributed by atoms with Crippen molar-refractivity contribution in [1.29, 1.82) is 0 Å². The lowest BCUT2D eigenvalue weighted by Gasteiger charge is -2.22. The summed E-state index contributed by atoms with van der Waals surface area (Å²) in [4.78, 5) is 12.8. The molecule has 0 amide bonds. The van der Waals surface area contributed by atoms with Crippen LogP contribution in [-0.2, 0) is 9.53 Å². The molecule has 1 saturated heterocycles. The average Bonchev–Trinajstić information content (AvgIpc) is 2.52. The fourth-order valence-corrected chi connectivity index (χ4v) is 1.95. The van der Waals surface area contributed by atoms with E-state index in [1.165, 1.54) is 0 Å². The molecule has 0 bridgehead atoms. The van der Waals surface area contributed by atoms with Crippen LogP contribution in [0, 0.1) is 0 Å². The largest absolute Gasteiger partial charge is 0.481 e. The molecule has 1 heterocycles. The number of carboxylic acid groups (broad SMARTS) is 1. The summed E-state index contributed by atoms with van der Waals surface area (Å²) in [6, 6.07) is 0.230. The Balaban J connectivity index is 2.24. The van der Waals surface area contributed by atoms with Crippen molar-refractivity contribution < 1.29 is 14.6 Å². The van der Waals surface area contributed by atoms with E-state index in [4.69, 9.17) is 9.84 Å². The van der Waals surface area contributed by atoms with Gasteiger partial charge < -0.3 is 9.84 Å². The summed E-state index contributed by atoms with van der Waals surface area (Å²) in [6.07, 6.45) is 2.40. The maximum atomic E-state index is 10.6. The third-order valence-corrected chi connectivity index (χ3v) is 2.64. The SMILES string of the molecule is CCOCCN1CCCC1CC(=O)O. The van der Waals surface area contributed by atoms with E-state index in [0.29, 0.717) is 6.61 Å². The smallest absolute Gasteiger partial charge is 0.304 e. The van der Waals surface area contributed by atoms with Gasteiger partial charge in [-0.2, -0.15) is 0 Å². The molecule has 0 aromatic carbocycles. The van der Waals surface area contributed by atoms with E-state index < -0.39 is 5.97 Å². The highest BCUT2D eigenvalue weighted by Gasteiger charge is 2.25. The monoisotopic (exact) mass is 201 g/mol. The average molecular weight is 201 g/mol. The fourth-order valence-electron chi connectivity index (χ4n) is 1.95. The molecule has 1 fully saturated rings. The Morgan fingerprint density at radius 1 is 1.64 bits per heavy atom. The minimum absolute atomic E-state index is 0.230. The summed E-state index contributed by atoms with van der Waals surface area (Å²) in [5, 5.41) is 8.71. The Bertz CT molecular complexity index is 184. The van der Waals surface area contributed by atoms with Crippen molar-refractivity contribution >= 4 is 5.97 Å². The normalized spacial score (nSPS) is 22.8. The van der Waals surface area contributed by atoms with Crippen molar-refractivity contribution in [3.8, 4) is 0 Å². The van der Waals surface area contributed by atoms with Crippen LogP contribution in [0.4, 0.5) is 0 Å². The summed E-state index contributed by atoms with van der Waals surface area (Å²) in [7, 11) is 0. The highest BCUT2D eigenvalue weighted by molar-refractivity contribution is 5.67. The van der Waals surface area contributed by atoms with Crippen molar-refractivity contribution in [3.05, 3.63) is 0 Å². The topological polar surface area (TPSA) is 49.8 Å². The van der Waals surface area contributed by atoms with Crippen molar-refractivity contribution in [2.24, 2.45) is 0 Å². The molecule has 0 spiro atoms. The zero-order valence-corrected chi connectivity index (χ0v) is 8.74. The second kappa shape index (κ2) is 5.98. The van der Waals surface area contributed by atoms with Gasteiger partial charge in [0.25, 0.3) is 0 Å². The molecule has 0 aromatic rings. The summed E-state index contributed by atoms with van der Waals surface area (Å²) in [5.41, 5.74) is 0. The first kappa shape index (κ1) is 11.5. The Labute approximate surface area is 84.8 Å². The van der Waals surface area contributed by atoms with Gasteiger partial charge in [0, 0.05) is 19.2 Å². The standard InChI is InChI=1S/C10H19NO3/c1-2-14-7-6-11-5-3-4-9(11)8-10(12)13/h9H,2-8H2,1H3,(H,12,13). The number of likely N-dealkylation sites (tertiary alicyclic amines) is 1. The van der Waals surface area contributed by atoms with E-state index >= 15 is 0 Å². The van der Waals surface area contributed by atoms with Gasteiger partial charge in [-0.05, 0) is 26.3 Å². The lowest BCUT2D eigenvalue weighted by molar-refractivity contribution is -0.138. The number of hydrogen-bond acceptors (Lipinski definition) is 3. The highest BCUT2D eigenvalue weighted by Crippen LogP contribution is 2.19. The van der Waals surface area contributed by atoms with Gasteiger partial charge in [-0.1, -0.05) is 0 Å². The number of ether oxygens (including phenoxy) is 1. The predicted molar refractivity (Wildman–Crippen MR) is 53.3 cm³/mol. The molecule has 1 aliphatic rings. The number of nitrogens with zero attached hydrogens (tertiary/aromatic N) is 1. The minimum Gasteiger partial charge on any atom is -0.481 e. The van der Waals surface area contributed by atoms with Crippen molar-refractivity contribution in [1.82, 2.24) is 4.90 Å². The van der Waals surface area contributed by atoms with Gasteiger partial charge in [0.15, 0.2) is 0 Å². The maximum Gasteiger partial charge on any atom is 0.304 e. The Morgan fingerprint density at radius 3 is 3.07 bits per heavy atom. The molecule has 0 aliphatic carbocycles. The van der Waals surface area contributed by atoms with E-state index in [-0.39, 0.29) is 12.5 Å². The first-order chi connectivity index (χ1) is 6.74. The molecule has 0 radical (unpaired) electrons. The Morgan fingerprint density at radius 2 is 2.43 bits per heavy atom. The molecule has 1 aliphatic heterocycles. The van der Waals surface area contributed by atoms with Crippen LogP contribution in [-0.4, -0.2) is 48.3 Å². The van der Waals surface area contributed by atoms with E-state index in [1.807, 2.05) is 6.92 Å². The van der Waals surface area contributed by atoms with Gasteiger partial charge in [0.2, 0.25) is 0 Å². The number of aliphatic carboxylic acids is 1. The Hall–Kier alpha value is -0.610. The second-order valence-electron chi connectivity index (χ2n) is 3.63. The van der Waals surface area contributed by atoms with Crippen molar-refractivity contribution in [2.45, 2.75) is 32.2 Å². The van der Waals surface area contributed by atoms with Crippen LogP contribution in [0.15, 0.2) is 0 Å². The molecule has 1 N–H and O–H groups in total. The van der Waals surface area contributed by atoms with Crippen LogP contribution in [0.2, 0.25) is 0 Å². The predicted octanol–water partition coefficient (Wildman–Crippen LogP) is 0.962. The molecule has 82 valence electrons. The van der Waals surface area contributed by atoms with E-state index in [2.05, 4.69) is 4.90 Å². The van der Waals surface area contributed by atoms with E-state index in [1.54, 1.807) is 0 Å². The molecule has 1 rings (SSSR count). The number of carboxylic acids is 1. The number of rotatable bonds is 6. The van der Waals surface area contributed by atoms with Gasteiger partial charge >= 0.3 is 5.97 Å². The molecule has 0 aromatic heterocycles. The van der Waals surface area contributed by atoms with Gasteiger partial charge in [-0.3, -0.25) is 9.69 Å². The third kappa shape index (κ3) is 3.64. The summed E-state index contributed by atoms with van der Waals surface area (Å²) < 4.78 is 5.26. The molecule has 0 saturated carbocycles. The van der Waals surface area contributed by atoms with Gasteiger partial charge in [0.05, 0.1) is 13.0 Å². The molecule has 1 atom stereocenters. The van der Waals surface area contributed by atoms with Gasteiger partial charge in [-0.15, -0.1) is 0 Å². The van der Waals surface area contributed by atoms with E-state index in [9.17, 15) is 4.79 Å². The van der Waals surface area contributed by atoms with Crippen LogP contribution in [0.5, 0.6) is 0 Å². The lowest BCUT2D eigenvalue weighted by Crippen LogP contribution is -2.34. The van der Waals surface area contributed by atoms with Crippen molar-refractivity contribution in [2.75, 3.05) is 26.3 Å². The summed E-state index contributed by atoms with van der Waals surface area (Å²) in [6.45, 7) is 5.31. The Kier molecular flexibility index (Phi) is 4.90. The molecule has 4 heteroatoms. The molecule has 4 nitrogen and oxygen atoms in total. The number of carbonyl (C=O) groups is 1. The van der Waals surface area contributed by atoms with Crippen LogP contribution in [0.3, 0.4) is 0 Å². The first-order valence-electron chi connectivity index (χ1n) is 5.27. The summed E-state index contributed by atoms with van der Waals surface area (Å²) in [5.74, 6) is -0.696. The molecule has 1 unspecified atom stereocenters. The van der Waals surface area contributed by atoms with Crippen LogP contribution in [0.1, 0.15) is 26.2 Å². The van der Waals surface area contributed by atoms with Gasteiger partial charge in [0.1, 0.15) is 0 Å². The first-order valence-corrected chi connectivity index (χ1v) is 5.27. The van der Waals surface area contributed by atoms with Crippen LogP contribution < -0.4 is 0 Å². The lowest BCUT2D eigenvalue weighted by atomic mass is 10.1. The zero-order valence-electron chi connectivity index (χ0n) is 8.74. The molecule has 14 heavy (non-hydrogen) atoms.